The maximum absolute atomic E-state index is 4.65. The first-order chi connectivity index (χ1) is 10.4. The number of piperazine rings is 1. The quantitative estimate of drug-likeness (QED) is 0.925. The summed E-state index contributed by atoms with van der Waals surface area (Å²) >= 11 is 1.73. The molecule has 4 rings (SSSR count). The Bertz CT molecular complexity index is 629. The van der Waals surface area contributed by atoms with Crippen molar-refractivity contribution in [3.8, 4) is 0 Å². The Hall–Kier alpha value is -1.85. The molecule has 2 aliphatic heterocycles. The van der Waals surface area contributed by atoms with Gasteiger partial charge in [-0.3, -0.25) is 9.89 Å². The summed E-state index contributed by atoms with van der Waals surface area (Å²) in [5.74, 6) is 0. The third kappa shape index (κ3) is 2.54. The molecule has 2 aromatic rings. The zero-order valence-electron chi connectivity index (χ0n) is 11.8. The van der Waals surface area contributed by atoms with E-state index in [0.29, 0.717) is 0 Å². The zero-order valence-corrected chi connectivity index (χ0v) is 12.6. The van der Waals surface area contributed by atoms with Gasteiger partial charge in [0.2, 0.25) is 0 Å². The van der Waals surface area contributed by atoms with Gasteiger partial charge in [0.1, 0.15) is 0 Å². The van der Waals surface area contributed by atoms with Crippen LogP contribution >= 0.6 is 11.3 Å². The monoisotopic (exact) mass is 298 g/mol. The van der Waals surface area contributed by atoms with Gasteiger partial charge in [0.25, 0.3) is 0 Å². The van der Waals surface area contributed by atoms with Gasteiger partial charge in [-0.1, -0.05) is 18.2 Å². The Morgan fingerprint density at radius 1 is 1.05 bits per heavy atom. The van der Waals surface area contributed by atoms with Crippen LogP contribution in [-0.4, -0.2) is 43.6 Å². The van der Waals surface area contributed by atoms with Gasteiger partial charge in [0, 0.05) is 38.1 Å². The third-order valence-corrected chi connectivity index (χ3v) is 4.95. The minimum atomic E-state index is 0.0880. The average Bonchev–Trinajstić information content (AvgIpc) is 3.03. The van der Waals surface area contributed by atoms with E-state index in [2.05, 4.69) is 61.9 Å². The molecular weight excluding hydrogens is 280 g/mol. The number of para-hydroxylation sites is 1. The molecule has 0 radical (unpaired) electrons. The second-order valence-corrected chi connectivity index (χ2v) is 6.30. The van der Waals surface area contributed by atoms with Crippen LogP contribution in [-0.2, 0) is 0 Å². The van der Waals surface area contributed by atoms with E-state index in [1.165, 1.54) is 16.3 Å². The summed E-state index contributed by atoms with van der Waals surface area (Å²) in [4.78, 5) is 10.7. The van der Waals surface area contributed by atoms with Crippen molar-refractivity contribution in [3.63, 3.8) is 0 Å². The summed E-state index contributed by atoms with van der Waals surface area (Å²) in [6, 6.07) is 12.8. The summed E-state index contributed by atoms with van der Waals surface area (Å²) in [6.45, 7) is 4.16. The van der Waals surface area contributed by atoms with Crippen LogP contribution in [0.4, 0.5) is 11.4 Å². The Labute approximate surface area is 128 Å². The predicted molar refractivity (Wildman–Crippen MR) is 89.6 cm³/mol. The Morgan fingerprint density at radius 3 is 2.67 bits per heavy atom. The molecule has 1 fully saturated rings. The second-order valence-electron chi connectivity index (χ2n) is 5.35. The Morgan fingerprint density at radius 2 is 1.86 bits per heavy atom. The highest BCUT2D eigenvalue weighted by Crippen LogP contribution is 2.26. The molecule has 1 N–H and O–H groups in total. The topological polar surface area (TPSA) is 30.9 Å². The van der Waals surface area contributed by atoms with Crippen LogP contribution in [0.5, 0.6) is 0 Å². The molecule has 0 saturated carbocycles. The number of hydrogen-bond acceptors (Lipinski definition) is 5. The standard InChI is InChI=1S/C16H18N4S/c1-2-4-13(5-3-1)19-7-9-20(10-8-19)16-17-12-15-14(18-16)6-11-21-15/h1-6,11-12,16,18H,7-10H2. The highest BCUT2D eigenvalue weighted by Gasteiger charge is 2.25. The average molecular weight is 298 g/mol. The van der Waals surface area contributed by atoms with Crippen LogP contribution in [0.25, 0.3) is 0 Å². The highest BCUT2D eigenvalue weighted by molar-refractivity contribution is 7.12. The molecule has 1 saturated heterocycles. The fourth-order valence-electron chi connectivity index (χ4n) is 2.90. The molecule has 1 unspecified atom stereocenters. The van der Waals surface area contributed by atoms with Crippen molar-refractivity contribution in [2.75, 3.05) is 36.4 Å². The SMILES string of the molecule is C1=NC(N2CCN(c3ccccc3)CC2)Nc2ccsc21. The lowest BCUT2D eigenvalue weighted by molar-refractivity contribution is 0.208. The molecule has 5 heteroatoms. The first-order valence-electron chi connectivity index (χ1n) is 7.31. The van der Waals surface area contributed by atoms with E-state index in [1.807, 2.05) is 6.21 Å². The van der Waals surface area contributed by atoms with E-state index in [4.69, 9.17) is 0 Å². The predicted octanol–water partition coefficient (Wildman–Crippen LogP) is 2.70. The normalized spacial score (nSPS) is 21.9. The molecule has 1 aromatic carbocycles. The van der Waals surface area contributed by atoms with Gasteiger partial charge < -0.3 is 10.2 Å². The van der Waals surface area contributed by atoms with Crippen molar-refractivity contribution in [1.82, 2.24) is 4.90 Å². The van der Waals surface area contributed by atoms with E-state index in [1.54, 1.807) is 11.3 Å². The van der Waals surface area contributed by atoms with Gasteiger partial charge in [-0.25, -0.2) is 0 Å². The van der Waals surface area contributed by atoms with Crippen LogP contribution in [0.2, 0.25) is 0 Å². The zero-order chi connectivity index (χ0) is 14.1. The van der Waals surface area contributed by atoms with Gasteiger partial charge in [0.05, 0.1) is 10.6 Å². The smallest absolute Gasteiger partial charge is 0.176 e. The van der Waals surface area contributed by atoms with Crippen molar-refractivity contribution >= 4 is 28.9 Å². The number of fused-ring (bicyclic) bond motifs is 1. The van der Waals surface area contributed by atoms with E-state index in [-0.39, 0.29) is 6.29 Å². The molecule has 0 bridgehead atoms. The largest absolute Gasteiger partial charge is 0.369 e. The first kappa shape index (κ1) is 12.9. The van der Waals surface area contributed by atoms with Crippen molar-refractivity contribution in [1.29, 1.82) is 0 Å². The van der Waals surface area contributed by atoms with Gasteiger partial charge >= 0.3 is 0 Å². The number of anilines is 2. The van der Waals surface area contributed by atoms with E-state index < -0.39 is 0 Å². The van der Waals surface area contributed by atoms with Crippen molar-refractivity contribution in [2.24, 2.45) is 4.99 Å². The molecule has 108 valence electrons. The van der Waals surface area contributed by atoms with Crippen LogP contribution in [0.1, 0.15) is 4.88 Å². The summed E-state index contributed by atoms with van der Waals surface area (Å²) in [7, 11) is 0. The molecule has 1 atom stereocenters. The summed E-state index contributed by atoms with van der Waals surface area (Å²) < 4.78 is 0. The minimum absolute atomic E-state index is 0.0880. The summed E-state index contributed by atoms with van der Waals surface area (Å²) in [6.07, 6.45) is 2.09. The molecule has 3 heterocycles. The summed E-state index contributed by atoms with van der Waals surface area (Å²) in [5, 5.41) is 5.63. The number of aliphatic imine (C=N–C) groups is 1. The van der Waals surface area contributed by atoms with Gasteiger partial charge in [-0.15, -0.1) is 11.3 Å². The number of nitrogens with zero attached hydrogens (tertiary/aromatic N) is 3. The number of rotatable bonds is 2. The van der Waals surface area contributed by atoms with Crippen LogP contribution in [0.15, 0.2) is 46.8 Å². The Balaban J connectivity index is 1.40. The fraction of sp³-hybridized carbons (Fsp3) is 0.312. The van der Waals surface area contributed by atoms with Crippen molar-refractivity contribution in [2.45, 2.75) is 6.29 Å². The van der Waals surface area contributed by atoms with Gasteiger partial charge in [-0.05, 0) is 23.6 Å². The Kier molecular flexibility index (Phi) is 3.37. The fourth-order valence-corrected chi connectivity index (χ4v) is 3.63. The molecular formula is C16H18N4S. The molecule has 1 aromatic heterocycles. The van der Waals surface area contributed by atoms with E-state index in [9.17, 15) is 0 Å². The molecule has 0 aliphatic carbocycles. The number of nitrogens with one attached hydrogen (secondary N) is 1. The van der Waals surface area contributed by atoms with Crippen LogP contribution in [0, 0.1) is 0 Å². The lowest BCUT2D eigenvalue weighted by Gasteiger charge is -2.39. The maximum atomic E-state index is 4.65. The number of thiophene rings is 1. The van der Waals surface area contributed by atoms with Crippen LogP contribution in [0.3, 0.4) is 0 Å². The third-order valence-electron chi connectivity index (χ3n) is 4.09. The number of benzene rings is 1. The molecule has 2 aliphatic rings. The van der Waals surface area contributed by atoms with Gasteiger partial charge in [0.15, 0.2) is 6.29 Å². The summed E-state index contributed by atoms with van der Waals surface area (Å²) in [5.41, 5.74) is 2.53. The lowest BCUT2D eigenvalue weighted by Crippen LogP contribution is -2.52. The molecule has 0 spiro atoms. The second kappa shape index (κ2) is 5.50. The number of hydrogen-bond donors (Lipinski definition) is 1. The van der Waals surface area contributed by atoms with Crippen molar-refractivity contribution < 1.29 is 0 Å². The molecule has 0 amide bonds. The maximum Gasteiger partial charge on any atom is 0.176 e. The first-order valence-corrected chi connectivity index (χ1v) is 8.19. The van der Waals surface area contributed by atoms with Gasteiger partial charge in [-0.2, -0.15) is 0 Å². The minimum Gasteiger partial charge on any atom is -0.369 e. The van der Waals surface area contributed by atoms with Crippen molar-refractivity contribution in [3.05, 3.63) is 46.7 Å². The highest BCUT2D eigenvalue weighted by atomic mass is 32.1. The molecule has 4 nitrogen and oxygen atoms in total. The molecule has 21 heavy (non-hydrogen) atoms. The lowest BCUT2D eigenvalue weighted by atomic mass is 10.2. The van der Waals surface area contributed by atoms with E-state index >= 15 is 0 Å². The van der Waals surface area contributed by atoms with E-state index in [0.717, 1.165) is 26.2 Å². The van der Waals surface area contributed by atoms with Crippen LogP contribution < -0.4 is 10.2 Å².